The molecule has 1 unspecified atom stereocenters. The van der Waals surface area contributed by atoms with Gasteiger partial charge in [-0.25, -0.2) is 8.42 Å². The van der Waals surface area contributed by atoms with Crippen LogP contribution >= 0.6 is 0 Å². The lowest BCUT2D eigenvalue weighted by molar-refractivity contribution is 0.420. The SMILES string of the molecule is CC(C)S(=O)(=O)N1C[C@H](N)CC1[C]=O. The smallest absolute Gasteiger partial charge is 0.218 e. The van der Waals surface area contributed by atoms with Gasteiger partial charge >= 0.3 is 0 Å². The van der Waals surface area contributed by atoms with Gasteiger partial charge in [-0.3, -0.25) is 4.79 Å². The fourth-order valence-electron chi connectivity index (χ4n) is 1.50. The van der Waals surface area contributed by atoms with Gasteiger partial charge in [-0.15, -0.1) is 0 Å². The summed E-state index contributed by atoms with van der Waals surface area (Å²) in [6, 6.07) is -0.952. The first-order valence-corrected chi connectivity index (χ1v) is 6.03. The summed E-state index contributed by atoms with van der Waals surface area (Å²) >= 11 is 0. The fourth-order valence-corrected chi connectivity index (χ4v) is 2.92. The van der Waals surface area contributed by atoms with Crippen LogP contribution in [0, 0.1) is 0 Å². The van der Waals surface area contributed by atoms with Gasteiger partial charge in [0.25, 0.3) is 0 Å². The van der Waals surface area contributed by atoms with E-state index in [1.807, 2.05) is 0 Å². The number of nitrogens with two attached hydrogens (primary N) is 1. The predicted octanol–water partition coefficient (Wildman–Crippen LogP) is -0.764. The van der Waals surface area contributed by atoms with Crippen LogP contribution in [0.15, 0.2) is 0 Å². The lowest BCUT2D eigenvalue weighted by atomic mass is 10.2. The summed E-state index contributed by atoms with van der Waals surface area (Å²) in [4.78, 5) is 10.5. The van der Waals surface area contributed by atoms with Crippen LogP contribution in [-0.4, -0.2) is 42.9 Å². The van der Waals surface area contributed by atoms with E-state index < -0.39 is 21.3 Å². The van der Waals surface area contributed by atoms with Crippen LogP contribution in [0.25, 0.3) is 0 Å². The third-order valence-corrected chi connectivity index (χ3v) is 4.60. The summed E-state index contributed by atoms with van der Waals surface area (Å²) in [5.74, 6) is 0. The Hall–Kier alpha value is -0.460. The quantitative estimate of drug-likeness (QED) is 0.676. The fraction of sp³-hybridized carbons (Fsp3) is 0.875. The number of nitrogens with zero attached hydrogens (tertiary/aromatic N) is 1. The molecule has 1 aliphatic rings. The number of rotatable bonds is 3. The maximum Gasteiger partial charge on any atom is 0.218 e. The molecule has 1 aliphatic heterocycles. The summed E-state index contributed by atoms with van der Waals surface area (Å²) in [6.07, 6.45) is 2.09. The molecule has 2 atom stereocenters. The summed E-state index contributed by atoms with van der Waals surface area (Å²) in [7, 11) is -3.38. The minimum atomic E-state index is -3.38. The third kappa shape index (κ3) is 1.97. The van der Waals surface area contributed by atoms with Crippen LogP contribution in [0.2, 0.25) is 0 Å². The largest absolute Gasteiger partial charge is 0.326 e. The van der Waals surface area contributed by atoms with E-state index in [-0.39, 0.29) is 12.6 Å². The minimum Gasteiger partial charge on any atom is -0.326 e. The highest BCUT2D eigenvalue weighted by Crippen LogP contribution is 2.21. The Morgan fingerprint density at radius 2 is 2.07 bits per heavy atom. The zero-order chi connectivity index (χ0) is 10.9. The van der Waals surface area contributed by atoms with Crippen molar-refractivity contribution in [3.8, 4) is 0 Å². The van der Waals surface area contributed by atoms with E-state index in [1.54, 1.807) is 20.1 Å². The van der Waals surface area contributed by atoms with Gasteiger partial charge in [0.15, 0.2) is 0 Å². The zero-order valence-corrected chi connectivity index (χ0v) is 9.12. The normalized spacial score (nSPS) is 29.7. The topological polar surface area (TPSA) is 80.5 Å². The maximum absolute atomic E-state index is 11.7. The van der Waals surface area contributed by atoms with Gasteiger partial charge in [-0.05, 0) is 20.3 Å². The number of sulfonamides is 1. The van der Waals surface area contributed by atoms with Crippen LogP contribution < -0.4 is 5.73 Å². The summed E-state index contributed by atoms with van der Waals surface area (Å²) in [6.45, 7) is 3.39. The van der Waals surface area contributed by atoms with Gasteiger partial charge in [-0.1, -0.05) is 0 Å². The number of hydrogen-bond donors (Lipinski definition) is 1. The number of hydrogen-bond acceptors (Lipinski definition) is 4. The monoisotopic (exact) mass is 219 g/mol. The molecule has 0 saturated carbocycles. The molecule has 0 aliphatic carbocycles. The van der Waals surface area contributed by atoms with Crippen molar-refractivity contribution in [3.63, 3.8) is 0 Å². The van der Waals surface area contributed by atoms with E-state index in [9.17, 15) is 13.2 Å². The van der Waals surface area contributed by atoms with E-state index in [2.05, 4.69) is 0 Å². The highest BCUT2D eigenvalue weighted by Gasteiger charge is 2.39. The average Bonchev–Trinajstić information content (AvgIpc) is 2.46. The van der Waals surface area contributed by atoms with E-state index in [0.29, 0.717) is 6.42 Å². The van der Waals surface area contributed by atoms with Crippen molar-refractivity contribution in [2.75, 3.05) is 6.54 Å². The second kappa shape index (κ2) is 3.96. The Bertz CT molecular complexity index is 313. The van der Waals surface area contributed by atoms with Crippen molar-refractivity contribution in [1.82, 2.24) is 4.31 Å². The molecule has 6 heteroatoms. The highest BCUT2D eigenvalue weighted by atomic mass is 32.2. The molecule has 5 nitrogen and oxygen atoms in total. The van der Waals surface area contributed by atoms with Crippen molar-refractivity contribution in [2.24, 2.45) is 5.73 Å². The van der Waals surface area contributed by atoms with Crippen molar-refractivity contribution in [1.29, 1.82) is 0 Å². The first-order valence-electron chi connectivity index (χ1n) is 4.53. The lowest BCUT2D eigenvalue weighted by Crippen LogP contribution is -2.41. The van der Waals surface area contributed by atoms with Gasteiger partial charge in [0.05, 0.1) is 11.3 Å². The Labute approximate surface area is 84.3 Å². The standard InChI is InChI=1S/C8H15N2O3S/c1-6(2)14(12,13)10-4-7(9)3-8(10)5-11/h6-8H,3-4,9H2,1-2H3/t7-,8?/m1/s1. The maximum atomic E-state index is 11.7. The molecule has 14 heavy (non-hydrogen) atoms. The van der Waals surface area contributed by atoms with Gasteiger partial charge in [0.2, 0.25) is 16.3 Å². The molecule has 1 rings (SSSR count). The molecule has 1 saturated heterocycles. The number of carbonyl (C=O) groups excluding carboxylic acids is 1. The van der Waals surface area contributed by atoms with Crippen LogP contribution in [0.1, 0.15) is 20.3 Å². The summed E-state index contributed by atoms with van der Waals surface area (Å²) in [5.41, 5.74) is 5.60. The van der Waals surface area contributed by atoms with E-state index >= 15 is 0 Å². The van der Waals surface area contributed by atoms with Gasteiger partial charge in [0.1, 0.15) is 0 Å². The molecular formula is C8H15N2O3S. The first kappa shape index (κ1) is 11.6. The summed E-state index contributed by atoms with van der Waals surface area (Å²) in [5, 5.41) is -0.524. The van der Waals surface area contributed by atoms with E-state index in [1.165, 1.54) is 0 Å². The van der Waals surface area contributed by atoms with Crippen molar-refractivity contribution in [2.45, 2.75) is 37.6 Å². The van der Waals surface area contributed by atoms with Crippen LogP contribution in [0.4, 0.5) is 0 Å². The Kier molecular flexibility index (Phi) is 3.28. The van der Waals surface area contributed by atoms with E-state index in [4.69, 9.17) is 5.73 Å². The van der Waals surface area contributed by atoms with Crippen molar-refractivity contribution < 1.29 is 13.2 Å². The second-order valence-corrected chi connectivity index (χ2v) is 6.23. The molecule has 0 aromatic heterocycles. The third-order valence-electron chi connectivity index (χ3n) is 2.35. The average molecular weight is 219 g/mol. The zero-order valence-electron chi connectivity index (χ0n) is 8.30. The minimum absolute atomic E-state index is 0.223. The van der Waals surface area contributed by atoms with Gasteiger partial charge in [0, 0.05) is 12.6 Å². The van der Waals surface area contributed by atoms with Crippen LogP contribution in [0.5, 0.6) is 0 Å². The Balaban J connectivity index is 2.92. The highest BCUT2D eigenvalue weighted by molar-refractivity contribution is 7.89. The predicted molar refractivity (Wildman–Crippen MR) is 52.8 cm³/mol. The van der Waals surface area contributed by atoms with Crippen LogP contribution in [0.3, 0.4) is 0 Å². The molecule has 81 valence electrons. The second-order valence-electron chi connectivity index (χ2n) is 3.79. The van der Waals surface area contributed by atoms with E-state index in [0.717, 1.165) is 4.31 Å². The Morgan fingerprint density at radius 3 is 2.50 bits per heavy atom. The molecule has 1 radical (unpaired) electrons. The molecular weight excluding hydrogens is 204 g/mol. The molecule has 2 N–H and O–H groups in total. The molecule has 0 amide bonds. The molecule has 0 aromatic carbocycles. The lowest BCUT2D eigenvalue weighted by Gasteiger charge is -2.21. The first-order chi connectivity index (χ1) is 6.39. The Morgan fingerprint density at radius 1 is 1.50 bits per heavy atom. The van der Waals surface area contributed by atoms with Crippen LogP contribution in [-0.2, 0) is 14.8 Å². The summed E-state index contributed by atoms with van der Waals surface area (Å²) < 4.78 is 24.6. The molecule has 0 bridgehead atoms. The van der Waals surface area contributed by atoms with Crippen molar-refractivity contribution in [3.05, 3.63) is 0 Å². The molecule has 1 fully saturated rings. The van der Waals surface area contributed by atoms with Gasteiger partial charge < -0.3 is 5.73 Å². The molecule has 1 heterocycles. The molecule has 0 aromatic rings. The van der Waals surface area contributed by atoms with Crippen molar-refractivity contribution >= 4 is 16.3 Å². The molecule has 0 spiro atoms. The van der Waals surface area contributed by atoms with Gasteiger partial charge in [-0.2, -0.15) is 4.31 Å².